The second-order valence-corrected chi connectivity index (χ2v) is 11.9. The van der Waals surface area contributed by atoms with E-state index in [9.17, 15) is 19.5 Å². The van der Waals surface area contributed by atoms with Crippen molar-refractivity contribution in [2.24, 2.45) is 22.7 Å². The minimum absolute atomic E-state index is 0.0421. The van der Waals surface area contributed by atoms with Gasteiger partial charge in [0.25, 0.3) is 0 Å². The highest BCUT2D eigenvalue weighted by Gasteiger charge is 2.80. The molecule has 0 bridgehead atoms. The second-order valence-electron chi connectivity index (χ2n) is 11.9. The van der Waals surface area contributed by atoms with Crippen molar-refractivity contribution in [1.29, 1.82) is 0 Å². The summed E-state index contributed by atoms with van der Waals surface area (Å²) in [4.78, 5) is 37.6. The molecule has 0 radical (unpaired) electrons. The van der Waals surface area contributed by atoms with Gasteiger partial charge < -0.3 is 19.3 Å². The molecule has 0 aromatic rings. The van der Waals surface area contributed by atoms with E-state index in [1.54, 1.807) is 27.7 Å². The maximum Gasteiger partial charge on any atom is 0.305 e. The number of ketones is 2. The lowest BCUT2D eigenvalue weighted by atomic mass is 9.44. The van der Waals surface area contributed by atoms with Crippen LogP contribution in [0.4, 0.5) is 8.78 Å². The number of hydrogen-bond acceptors (Lipinski definition) is 7. The minimum atomic E-state index is -2.27. The molecule has 4 fully saturated rings. The van der Waals surface area contributed by atoms with Crippen molar-refractivity contribution in [1.82, 2.24) is 0 Å². The summed E-state index contributed by atoms with van der Waals surface area (Å²) in [6.45, 7) is 7.73. The molecule has 1 N–H and O–H groups in total. The molecule has 0 spiro atoms. The number of rotatable bonds is 4. The fraction of sp³-hybridized carbons (Fsp3) is 0.741. The van der Waals surface area contributed by atoms with Crippen LogP contribution in [0.1, 0.15) is 60.3 Å². The molecule has 3 saturated carbocycles. The molecule has 0 amide bonds. The third-order valence-electron chi connectivity index (χ3n) is 9.69. The van der Waals surface area contributed by atoms with Gasteiger partial charge in [-0.1, -0.05) is 19.9 Å². The van der Waals surface area contributed by atoms with Gasteiger partial charge in [-0.05, 0) is 63.7 Å². The zero-order valence-electron chi connectivity index (χ0n) is 21.3. The van der Waals surface area contributed by atoms with Crippen LogP contribution in [-0.2, 0) is 28.6 Å². The summed E-state index contributed by atoms with van der Waals surface area (Å²) in [5.74, 6) is -4.13. The first-order valence-corrected chi connectivity index (χ1v) is 12.7. The van der Waals surface area contributed by atoms with Gasteiger partial charge in [0.05, 0.1) is 12.2 Å². The number of carbonyl (C=O) groups excluding carboxylic acids is 3. The lowest BCUT2D eigenvalue weighted by Gasteiger charge is -2.63. The first-order valence-electron chi connectivity index (χ1n) is 12.7. The Bertz CT molecular complexity index is 1080. The summed E-state index contributed by atoms with van der Waals surface area (Å²) in [6.07, 6.45) is -0.236. The number of alkyl halides is 2. The molecule has 198 valence electrons. The van der Waals surface area contributed by atoms with E-state index in [0.717, 1.165) is 6.08 Å². The Morgan fingerprint density at radius 1 is 1.19 bits per heavy atom. The van der Waals surface area contributed by atoms with Crippen molar-refractivity contribution in [2.45, 2.75) is 95.7 Å². The van der Waals surface area contributed by atoms with Crippen LogP contribution in [0.25, 0.3) is 0 Å². The lowest BCUT2D eigenvalue weighted by molar-refractivity contribution is -0.249. The van der Waals surface area contributed by atoms with Gasteiger partial charge in [-0.25, -0.2) is 8.78 Å². The SMILES string of the molecule is CCC(=O)OCC(=O)[C@@]12OC(C)(C)O[C@@H]1C[C@@H]1[C@@H]3C[C@H](F)C4=CC(=O)C=C[C@]4(C)[C@@]3(F)[C@@H](O)C[C@@]12C. The van der Waals surface area contributed by atoms with Crippen molar-refractivity contribution in [3.8, 4) is 0 Å². The van der Waals surface area contributed by atoms with Gasteiger partial charge in [0.2, 0.25) is 5.78 Å². The van der Waals surface area contributed by atoms with Crippen LogP contribution in [-0.4, -0.2) is 64.7 Å². The normalized spacial score (nSPS) is 48.4. The molecule has 4 aliphatic carbocycles. The maximum atomic E-state index is 17.3. The first kappa shape index (κ1) is 25.7. The van der Waals surface area contributed by atoms with Gasteiger partial charge in [0.1, 0.15) is 6.17 Å². The number of allylic oxidation sites excluding steroid dienone is 4. The Labute approximate surface area is 209 Å². The molecule has 9 heteroatoms. The maximum absolute atomic E-state index is 17.3. The molecule has 7 nitrogen and oxygen atoms in total. The van der Waals surface area contributed by atoms with Crippen LogP contribution >= 0.6 is 0 Å². The summed E-state index contributed by atoms with van der Waals surface area (Å²) in [5, 5.41) is 11.5. The molecule has 0 unspecified atom stereocenters. The zero-order valence-corrected chi connectivity index (χ0v) is 21.3. The topological polar surface area (TPSA) is 99.1 Å². The number of esters is 1. The number of aliphatic hydroxyl groups is 1. The van der Waals surface area contributed by atoms with Crippen molar-refractivity contribution < 1.29 is 42.5 Å². The molecule has 1 saturated heterocycles. The number of Topliss-reactive ketones (excluding diaryl/α,β-unsaturated/α-hetero) is 1. The molecule has 5 rings (SSSR count). The summed E-state index contributed by atoms with van der Waals surface area (Å²) in [6, 6.07) is 0. The third kappa shape index (κ3) is 3.02. The molecule has 1 heterocycles. The van der Waals surface area contributed by atoms with Crippen LogP contribution in [0, 0.1) is 22.7 Å². The fourth-order valence-electron chi connectivity index (χ4n) is 8.16. The van der Waals surface area contributed by atoms with Crippen molar-refractivity contribution >= 4 is 17.5 Å². The van der Waals surface area contributed by atoms with Gasteiger partial charge in [-0.15, -0.1) is 0 Å². The van der Waals surface area contributed by atoms with Gasteiger partial charge in [-0.3, -0.25) is 14.4 Å². The number of carbonyl (C=O) groups is 3. The number of halogens is 2. The summed E-state index contributed by atoms with van der Waals surface area (Å²) >= 11 is 0. The molecule has 0 aromatic carbocycles. The Kier molecular flexibility index (Phi) is 5.54. The number of aliphatic hydroxyl groups excluding tert-OH is 1. The van der Waals surface area contributed by atoms with Crippen molar-refractivity contribution in [3.05, 3.63) is 23.8 Å². The number of ether oxygens (including phenoxy) is 3. The Balaban J connectivity index is 1.60. The lowest BCUT2D eigenvalue weighted by Crippen LogP contribution is -2.71. The van der Waals surface area contributed by atoms with Gasteiger partial charge in [0, 0.05) is 23.2 Å². The van der Waals surface area contributed by atoms with E-state index in [1.165, 1.54) is 19.1 Å². The van der Waals surface area contributed by atoms with Crippen LogP contribution in [0.2, 0.25) is 0 Å². The van der Waals surface area contributed by atoms with E-state index in [2.05, 4.69) is 0 Å². The summed E-state index contributed by atoms with van der Waals surface area (Å²) in [7, 11) is 0. The van der Waals surface area contributed by atoms with E-state index in [-0.39, 0.29) is 31.3 Å². The minimum Gasteiger partial charge on any atom is -0.458 e. The average molecular weight is 509 g/mol. The largest absolute Gasteiger partial charge is 0.458 e. The molecule has 36 heavy (non-hydrogen) atoms. The highest BCUT2D eigenvalue weighted by Crippen LogP contribution is 2.72. The third-order valence-corrected chi connectivity index (χ3v) is 9.69. The Morgan fingerprint density at radius 3 is 2.56 bits per heavy atom. The zero-order chi connectivity index (χ0) is 26.5. The van der Waals surface area contributed by atoms with E-state index in [0.29, 0.717) is 0 Å². The molecule has 5 aliphatic rings. The molecule has 1 aliphatic heterocycles. The molecule has 0 aromatic heterocycles. The predicted octanol–water partition coefficient (Wildman–Crippen LogP) is 3.33. The predicted molar refractivity (Wildman–Crippen MR) is 123 cm³/mol. The highest BCUT2D eigenvalue weighted by atomic mass is 19.1. The van der Waals surface area contributed by atoms with Crippen LogP contribution in [0.15, 0.2) is 23.8 Å². The van der Waals surface area contributed by atoms with Gasteiger partial charge in [-0.2, -0.15) is 0 Å². The van der Waals surface area contributed by atoms with Gasteiger partial charge in [0.15, 0.2) is 29.4 Å². The van der Waals surface area contributed by atoms with Crippen LogP contribution < -0.4 is 0 Å². The Morgan fingerprint density at radius 2 is 1.89 bits per heavy atom. The van der Waals surface area contributed by atoms with Crippen molar-refractivity contribution in [2.75, 3.05) is 6.61 Å². The fourth-order valence-corrected chi connectivity index (χ4v) is 8.16. The number of fused-ring (bicyclic) bond motifs is 7. The molecular weight excluding hydrogens is 474 g/mol. The monoisotopic (exact) mass is 508 g/mol. The second kappa shape index (κ2) is 7.77. The standard InChI is InChI=1S/C27H34F2O7/c1-6-22(33)34-13-20(32)27-21(35-23(2,3)36-27)11-15-16-10-18(28)17-9-14(30)7-8-24(17,4)26(16,29)19(31)12-25(15,27)5/h7-9,15-16,18-19,21,31H,6,10-13H2,1-5H3/t15-,16+,18+,19+,21-,24+,25+,26+,27-/m1/s1. The first-order chi connectivity index (χ1) is 16.7. The van der Waals surface area contributed by atoms with Gasteiger partial charge >= 0.3 is 5.97 Å². The smallest absolute Gasteiger partial charge is 0.305 e. The summed E-state index contributed by atoms with van der Waals surface area (Å²) < 4.78 is 50.6. The summed E-state index contributed by atoms with van der Waals surface area (Å²) in [5.41, 5.74) is -6.46. The quantitative estimate of drug-likeness (QED) is 0.582. The molecule has 9 atom stereocenters. The molecular formula is C27H34F2O7. The van der Waals surface area contributed by atoms with Crippen LogP contribution in [0.5, 0.6) is 0 Å². The van der Waals surface area contributed by atoms with E-state index < -0.39 is 82.2 Å². The highest BCUT2D eigenvalue weighted by molar-refractivity contribution is 6.01. The van der Waals surface area contributed by atoms with E-state index in [4.69, 9.17) is 14.2 Å². The van der Waals surface area contributed by atoms with Crippen molar-refractivity contribution in [3.63, 3.8) is 0 Å². The average Bonchev–Trinajstić information content (AvgIpc) is 3.21. The van der Waals surface area contributed by atoms with E-state index >= 15 is 8.78 Å². The number of hydrogen-bond donors (Lipinski definition) is 1. The van der Waals surface area contributed by atoms with Crippen LogP contribution in [0.3, 0.4) is 0 Å². The van der Waals surface area contributed by atoms with E-state index in [1.807, 2.05) is 0 Å². The Hall–Kier alpha value is -1.97.